The fourth-order valence-corrected chi connectivity index (χ4v) is 4.16. The van der Waals surface area contributed by atoms with E-state index < -0.39 is 16.6 Å². The second-order valence-electron chi connectivity index (χ2n) is 8.95. The molecule has 0 unspecified atom stereocenters. The van der Waals surface area contributed by atoms with Gasteiger partial charge in [0.1, 0.15) is 11.5 Å². The largest absolute Gasteiger partial charge is 0.467 e. The van der Waals surface area contributed by atoms with Crippen LogP contribution in [0.5, 0.6) is 0 Å². The van der Waals surface area contributed by atoms with Gasteiger partial charge < -0.3 is 18.3 Å². The van der Waals surface area contributed by atoms with Gasteiger partial charge in [0.05, 0.1) is 10.1 Å². The predicted molar refractivity (Wildman–Crippen MR) is 121 cm³/mol. The molecule has 0 aromatic carbocycles. The first-order valence-corrected chi connectivity index (χ1v) is 17.2. The van der Waals surface area contributed by atoms with Crippen molar-refractivity contribution in [3.63, 3.8) is 0 Å². The molecule has 0 atom stereocenters. The molecule has 0 bridgehead atoms. The fraction of sp³-hybridized carbons (Fsp3) is 0.600. The summed E-state index contributed by atoms with van der Waals surface area (Å²) >= 11 is 12.9. The van der Waals surface area contributed by atoms with Crippen molar-refractivity contribution >= 4 is 39.8 Å². The van der Waals surface area contributed by atoms with E-state index in [4.69, 9.17) is 41.5 Å². The van der Waals surface area contributed by atoms with Crippen LogP contribution in [0, 0.1) is 5.92 Å². The Hall–Kier alpha value is 0.377. The summed E-state index contributed by atoms with van der Waals surface area (Å²) in [6, 6.07) is 0. The van der Waals surface area contributed by atoms with Gasteiger partial charge >= 0.3 is 0 Å². The molecule has 0 aromatic heterocycles. The summed E-state index contributed by atoms with van der Waals surface area (Å²) in [5, 5.41) is 1.42. The molecule has 0 heterocycles. The molecule has 0 aliphatic heterocycles. The molecule has 0 spiro atoms. The molecule has 4 nitrogen and oxygen atoms in total. The number of allylic oxidation sites excluding steroid dienone is 6. The van der Waals surface area contributed by atoms with E-state index in [-0.39, 0.29) is 45.7 Å². The Kier molecular flexibility index (Phi) is 10.7. The van der Waals surface area contributed by atoms with Gasteiger partial charge in [0.2, 0.25) is 0 Å². The number of hydrogen-bond acceptors (Lipinski definition) is 4. The minimum Gasteiger partial charge on any atom is -0.467 e. The number of hydrogen-bond donors (Lipinski definition) is 0. The van der Waals surface area contributed by atoms with Crippen molar-refractivity contribution in [3.05, 3.63) is 44.9 Å². The molecule has 0 amide bonds. The second-order valence-corrected chi connectivity index (χ2v) is 18.9. The van der Waals surface area contributed by atoms with Crippen LogP contribution in [0.2, 0.25) is 39.3 Å². The molecule has 0 aromatic rings. The summed E-state index contributed by atoms with van der Waals surface area (Å²) < 4.78 is 23.5. The Morgan fingerprint density at radius 3 is 1.45 bits per heavy atom. The van der Waals surface area contributed by atoms with E-state index in [0.717, 1.165) is 11.1 Å². The first-order chi connectivity index (χ1) is 12.9. The zero-order valence-corrected chi connectivity index (χ0v) is 24.4. The van der Waals surface area contributed by atoms with E-state index >= 15 is 0 Å². The summed E-state index contributed by atoms with van der Waals surface area (Å²) in [6.07, 6.45) is 5.56. The number of rotatable bonds is 10. The van der Waals surface area contributed by atoms with Crippen molar-refractivity contribution in [3.8, 4) is 0 Å². The van der Waals surface area contributed by atoms with Gasteiger partial charge in [-0.15, -0.1) is 0 Å². The maximum atomic E-state index is 6.43. The van der Waals surface area contributed by atoms with Crippen molar-refractivity contribution in [1.82, 2.24) is 0 Å². The SMILES string of the molecule is CC(C1=CCC(Cl)=C1OCO[Si](C)(C)C)C1=CCC(Cl)=C1OCO[Si](C)(C)C.[Zr]. The van der Waals surface area contributed by atoms with E-state index in [1.807, 2.05) is 0 Å². The molecule has 162 valence electrons. The predicted octanol–water partition coefficient (Wildman–Crippen LogP) is 6.83. The van der Waals surface area contributed by atoms with Gasteiger partial charge in [0.15, 0.2) is 30.2 Å². The normalized spacial score (nSPS) is 17.6. The third-order valence-corrected chi connectivity index (χ3v) is 6.96. The van der Waals surface area contributed by atoms with Crippen molar-refractivity contribution in [2.45, 2.75) is 59.0 Å². The van der Waals surface area contributed by atoms with E-state index in [0.29, 0.717) is 34.4 Å². The minimum absolute atomic E-state index is 0. The van der Waals surface area contributed by atoms with Crippen LogP contribution in [0.3, 0.4) is 0 Å². The molecule has 9 heteroatoms. The van der Waals surface area contributed by atoms with Crippen LogP contribution in [0.15, 0.2) is 44.9 Å². The zero-order valence-electron chi connectivity index (χ0n) is 18.4. The maximum Gasteiger partial charge on any atom is 0.188 e. The summed E-state index contributed by atoms with van der Waals surface area (Å²) in [5.74, 6) is 1.49. The van der Waals surface area contributed by atoms with Crippen LogP contribution in [0.1, 0.15) is 19.8 Å². The third-order valence-electron chi connectivity index (χ3n) is 4.34. The average molecular weight is 555 g/mol. The van der Waals surface area contributed by atoms with E-state index in [1.54, 1.807) is 0 Å². The Labute approximate surface area is 206 Å². The molecular weight excluding hydrogens is 523 g/mol. The van der Waals surface area contributed by atoms with Crippen LogP contribution in [-0.4, -0.2) is 30.2 Å². The third kappa shape index (κ3) is 8.44. The molecule has 29 heavy (non-hydrogen) atoms. The molecule has 0 N–H and O–H groups in total. The van der Waals surface area contributed by atoms with Gasteiger partial charge in [-0.25, -0.2) is 0 Å². The minimum atomic E-state index is -1.65. The van der Waals surface area contributed by atoms with Crippen LogP contribution in [-0.2, 0) is 44.5 Å². The summed E-state index contributed by atoms with van der Waals surface area (Å²) in [4.78, 5) is 0. The van der Waals surface area contributed by atoms with Gasteiger partial charge in [-0.05, 0) is 50.4 Å². The second kappa shape index (κ2) is 11.3. The molecule has 0 fully saturated rings. The van der Waals surface area contributed by atoms with E-state index in [9.17, 15) is 0 Å². The molecule has 0 radical (unpaired) electrons. The Morgan fingerprint density at radius 2 is 1.14 bits per heavy atom. The molecule has 2 aliphatic carbocycles. The van der Waals surface area contributed by atoms with Crippen LogP contribution in [0.4, 0.5) is 0 Å². The van der Waals surface area contributed by atoms with Gasteiger partial charge in [0, 0.05) is 45.0 Å². The fourth-order valence-electron chi connectivity index (χ4n) is 2.85. The van der Waals surface area contributed by atoms with Crippen LogP contribution < -0.4 is 0 Å². The van der Waals surface area contributed by atoms with Gasteiger partial charge in [-0.1, -0.05) is 42.3 Å². The molecule has 2 aliphatic rings. The maximum absolute atomic E-state index is 6.43. The van der Waals surface area contributed by atoms with Crippen molar-refractivity contribution < 1.29 is 44.5 Å². The Balaban J connectivity index is 0.00000420. The molecule has 0 saturated heterocycles. The molecule has 2 rings (SSSR count). The van der Waals surface area contributed by atoms with Crippen LogP contribution >= 0.6 is 23.2 Å². The number of halogens is 2. The monoisotopic (exact) mass is 552 g/mol. The zero-order chi connectivity index (χ0) is 21.1. The van der Waals surface area contributed by atoms with Crippen molar-refractivity contribution in [1.29, 1.82) is 0 Å². The Morgan fingerprint density at radius 1 is 0.793 bits per heavy atom. The first-order valence-electron chi connectivity index (χ1n) is 9.60. The molecular formula is C20H32Cl2O4Si2Zr. The van der Waals surface area contributed by atoms with Crippen LogP contribution in [0.25, 0.3) is 0 Å². The summed E-state index contributed by atoms with van der Waals surface area (Å²) in [6.45, 7) is 15.3. The summed E-state index contributed by atoms with van der Waals surface area (Å²) in [7, 11) is -3.31. The van der Waals surface area contributed by atoms with Gasteiger partial charge in [-0.2, -0.15) is 0 Å². The van der Waals surface area contributed by atoms with Crippen molar-refractivity contribution in [2.24, 2.45) is 5.92 Å². The smallest absolute Gasteiger partial charge is 0.188 e. The Bertz CT molecular complexity index is 659. The van der Waals surface area contributed by atoms with Crippen molar-refractivity contribution in [2.75, 3.05) is 13.6 Å². The topological polar surface area (TPSA) is 36.9 Å². The van der Waals surface area contributed by atoms with Gasteiger partial charge in [-0.3, -0.25) is 0 Å². The standard InChI is InChI=1S/C20H32Cl2O4Si2.Zr/c1-14(15-8-10-17(21)19(15)23-12-25-27(2,3)4)16-9-11-18(22)20(16)24-13-26-28(5,6)7;/h8-9,14H,10-13H2,1-7H3;. The molecule has 0 saturated carbocycles. The summed E-state index contributed by atoms with van der Waals surface area (Å²) in [5.41, 5.74) is 2.10. The van der Waals surface area contributed by atoms with Gasteiger partial charge in [0.25, 0.3) is 0 Å². The first kappa shape index (κ1) is 27.4. The van der Waals surface area contributed by atoms with E-state index in [2.05, 4.69) is 58.4 Å². The average Bonchev–Trinajstić information content (AvgIpc) is 3.09. The number of ether oxygens (including phenoxy) is 2. The van der Waals surface area contributed by atoms with E-state index in [1.165, 1.54) is 0 Å². The quantitative estimate of drug-likeness (QED) is 0.219.